The highest BCUT2D eigenvalue weighted by Gasteiger charge is 2.26. The predicted octanol–water partition coefficient (Wildman–Crippen LogP) is 2.81. The zero-order valence-corrected chi connectivity index (χ0v) is 13.5. The maximum absolute atomic E-state index is 6.01. The van der Waals surface area contributed by atoms with Gasteiger partial charge in [0.1, 0.15) is 5.75 Å². The molecule has 1 atom stereocenters. The molecule has 0 fully saturated rings. The molecule has 0 unspecified atom stereocenters. The molecule has 4 N–H and O–H groups in total. The number of nitrogens with two attached hydrogens (primary N) is 1. The van der Waals surface area contributed by atoms with Crippen molar-refractivity contribution in [2.24, 2.45) is 10.7 Å². The maximum atomic E-state index is 6.01. The van der Waals surface area contributed by atoms with Crippen LogP contribution in [0, 0.1) is 0 Å². The van der Waals surface area contributed by atoms with E-state index in [2.05, 4.69) is 24.8 Å². The van der Waals surface area contributed by atoms with Crippen LogP contribution in [0.25, 0.3) is 21.9 Å². The molecule has 0 spiro atoms. The number of nitrogens with one attached hydrogen (secondary N) is 2. The second-order valence-corrected chi connectivity index (χ2v) is 5.96. The monoisotopic (exact) mass is 332 g/mol. The van der Waals surface area contributed by atoms with Gasteiger partial charge in [-0.1, -0.05) is 12.1 Å². The molecule has 4 aromatic rings. The van der Waals surface area contributed by atoms with Gasteiger partial charge in [0.2, 0.25) is 5.95 Å². The minimum atomic E-state index is -0.286. The van der Waals surface area contributed by atoms with E-state index in [1.165, 1.54) is 0 Å². The molecule has 0 bridgehead atoms. The average Bonchev–Trinajstić information content (AvgIpc) is 3.21. The van der Waals surface area contributed by atoms with Gasteiger partial charge in [0.15, 0.2) is 12.1 Å². The molecule has 1 aliphatic heterocycles. The Kier molecular flexibility index (Phi) is 2.79. The van der Waals surface area contributed by atoms with Crippen molar-refractivity contribution >= 4 is 33.8 Å². The fourth-order valence-electron chi connectivity index (χ4n) is 3.39. The third-order valence-electron chi connectivity index (χ3n) is 4.54. The van der Waals surface area contributed by atoms with Crippen LogP contribution in [0.15, 0.2) is 53.7 Å². The lowest BCUT2D eigenvalue weighted by molar-refractivity contribution is 0.415. The Bertz CT molecular complexity index is 1140. The number of methoxy groups -OCH3 is 1. The summed E-state index contributed by atoms with van der Waals surface area (Å²) in [4.78, 5) is 12.6. The Morgan fingerprint density at radius 1 is 1.20 bits per heavy atom. The summed E-state index contributed by atoms with van der Waals surface area (Å²) >= 11 is 0. The molecule has 0 amide bonds. The zero-order valence-electron chi connectivity index (χ0n) is 13.5. The molecule has 25 heavy (non-hydrogen) atoms. The van der Waals surface area contributed by atoms with Crippen LogP contribution in [0.3, 0.4) is 0 Å². The number of imidazole rings is 1. The van der Waals surface area contributed by atoms with Crippen molar-refractivity contribution in [2.75, 3.05) is 12.4 Å². The second-order valence-electron chi connectivity index (χ2n) is 5.96. The van der Waals surface area contributed by atoms with Gasteiger partial charge in [-0.05, 0) is 24.3 Å². The van der Waals surface area contributed by atoms with E-state index in [9.17, 15) is 0 Å². The summed E-state index contributed by atoms with van der Waals surface area (Å²) in [5, 5.41) is 4.13. The topological polar surface area (TPSA) is 93.2 Å². The number of rotatable bonds is 2. The smallest absolute Gasteiger partial charge is 0.212 e. The van der Waals surface area contributed by atoms with Crippen LogP contribution in [-0.2, 0) is 0 Å². The molecular formula is C18H16N6O. The summed E-state index contributed by atoms with van der Waals surface area (Å²) in [6.45, 7) is 0. The van der Waals surface area contributed by atoms with Gasteiger partial charge in [-0.15, -0.1) is 0 Å². The first kappa shape index (κ1) is 13.9. The van der Waals surface area contributed by atoms with Gasteiger partial charge < -0.3 is 15.5 Å². The predicted molar refractivity (Wildman–Crippen MR) is 98.0 cm³/mol. The SMILES string of the molecule is COc1ccc2c([C@@H]3N=C(N)Nc4nc5ccccc5n43)c[nH]c2c1. The highest BCUT2D eigenvalue weighted by Crippen LogP contribution is 2.36. The number of ether oxygens (including phenoxy) is 1. The van der Waals surface area contributed by atoms with Gasteiger partial charge >= 0.3 is 0 Å². The molecule has 0 saturated heterocycles. The molecule has 124 valence electrons. The molecule has 0 saturated carbocycles. The number of anilines is 1. The molecule has 2 aromatic carbocycles. The van der Waals surface area contributed by atoms with Crippen LogP contribution < -0.4 is 15.8 Å². The molecular weight excluding hydrogens is 316 g/mol. The van der Waals surface area contributed by atoms with Crippen molar-refractivity contribution in [1.82, 2.24) is 14.5 Å². The highest BCUT2D eigenvalue weighted by atomic mass is 16.5. The third-order valence-corrected chi connectivity index (χ3v) is 4.54. The van der Waals surface area contributed by atoms with Crippen molar-refractivity contribution in [1.29, 1.82) is 0 Å². The Morgan fingerprint density at radius 2 is 2.08 bits per heavy atom. The van der Waals surface area contributed by atoms with E-state index < -0.39 is 0 Å². The van der Waals surface area contributed by atoms with Gasteiger partial charge in [0.25, 0.3) is 0 Å². The van der Waals surface area contributed by atoms with Crippen molar-refractivity contribution in [2.45, 2.75) is 6.17 Å². The number of para-hydroxylation sites is 2. The first-order valence-electron chi connectivity index (χ1n) is 7.97. The van der Waals surface area contributed by atoms with Gasteiger partial charge in [0, 0.05) is 28.7 Å². The molecule has 0 aliphatic carbocycles. The van der Waals surface area contributed by atoms with Crippen LogP contribution in [0.1, 0.15) is 11.7 Å². The van der Waals surface area contributed by atoms with Crippen molar-refractivity contribution in [3.8, 4) is 5.75 Å². The summed E-state index contributed by atoms with van der Waals surface area (Å²) in [6, 6.07) is 13.9. The van der Waals surface area contributed by atoms with Crippen LogP contribution in [0.4, 0.5) is 5.95 Å². The van der Waals surface area contributed by atoms with Crippen molar-refractivity contribution < 1.29 is 4.74 Å². The molecule has 7 nitrogen and oxygen atoms in total. The first-order valence-corrected chi connectivity index (χ1v) is 7.97. The lowest BCUT2D eigenvalue weighted by Crippen LogP contribution is -2.31. The second kappa shape index (κ2) is 5.01. The van der Waals surface area contributed by atoms with Crippen LogP contribution in [0.5, 0.6) is 5.75 Å². The largest absolute Gasteiger partial charge is 0.497 e. The Labute approximate surface area is 143 Å². The number of guanidine groups is 1. The van der Waals surface area contributed by atoms with Gasteiger partial charge in [-0.25, -0.2) is 9.98 Å². The molecule has 2 aromatic heterocycles. The molecule has 0 radical (unpaired) electrons. The number of hydrogen-bond donors (Lipinski definition) is 3. The number of aliphatic imine (C=N–C) groups is 1. The van der Waals surface area contributed by atoms with Crippen LogP contribution >= 0.6 is 0 Å². The minimum Gasteiger partial charge on any atom is -0.497 e. The van der Waals surface area contributed by atoms with E-state index in [0.29, 0.717) is 11.9 Å². The van der Waals surface area contributed by atoms with E-state index in [-0.39, 0.29) is 6.17 Å². The lowest BCUT2D eigenvalue weighted by Gasteiger charge is -2.23. The standard InChI is InChI=1S/C18H16N6O/c1-25-10-6-7-11-12(9-20-14(11)8-10)16-22-17(19)23-18-21-13-4-2-3-5-15(13)24(16)18/h2-9,16,20H,1H3,(H3,19,21,22,23)/t16-/m1/s1. The number of benzene rings is 2. The van der Waals surface area contributed by atoms with Crippen molar-refractivity contribution in [3.05, 3.63) is 54.2 Å². The number of H-pyrrole nitrogens is 1. The van der Waals surface area contributed by atoms with E-state index in [1.807, 2.05) is 48.7 Å². The molecule has 7 heteroatoms. The summed E-state index contributed by atoms with van der Waals surface area (Å²) in [6.07, 6.45) is 1.68. The Morgan fingerprint density at radius 3 is 2.96 bits per heavy atom. The Balaban J connectivity index is 1.75. The van der Waals surface area contributed by atoms with Gasteiger partial charge in [0.05, 0.1) is 18.1 Å². The fraction of sp³-hybridized carbons (Fsp3) is 0.111. The van der Waals surface area contributed by atoms with E-state index in [4.69, 9.17) is 10.5 Å². The van der Waals surface area contributed by atoms with E-state index >= 15 is 0 Å². The number of nitrogens with zero attached hydrogens (tertiary/aromatic N) is 3. The average molecular weight is 332 g/mol. The number of aromatic nitrogens is 3. The van der Waals surface area contributed by atoms with Crippen LogP contribution in [-0.4, -0.2) is 27.6 Å². The summed E-state index contributed by atoms with van der Waals surface area (Å²) in [5.41, 5.74) is 9.95. The maximum Gasteiger partial charge on any atom is 0.212 e. The summed E-state index contributed by atoms with van der Waals surface area (Å²) in [7, 11) is 1.66. The molecule has 1 aliphatic rings. The van der Waals surface area contributed by atoms with Gasteiger partial charge in [-0.2, -0.15) is 0 Å². The quantitative estimate of drug-likeness (QED) is 0.526. The number of aromatic amines is 1. The third kappa shape index (κ3) is 1.99. The van der Waals surface area contributed by atoms with Crippen LogP contribution in [0.2, 0.25) is 0 Å². The number of fused-ring (bicyclic) bond motifs is 4. The van der Waals surface area contributed by atoms with E-state index in [1.54, 1.807) is 7.11 Å². The zero-order chi connectivity index (χ0) is 17.0. The van der Waals surface area contributed by atoms with Crippen molar-refractivity contribution in [3.63, 3.8) is 0 Å². The molecule has 5 rings (SSSR count). The summed E-state index contributed by atoms with van der Waals surface area (Å²) in [5.74, 6) is 1.86. The number of hydrogen-bond acceptors (Lipinski definition) is 5. The highest BCUT2D eigenvalue weighted by molar-refractivity contribution is 5.95. The fourth-order valence-corrected chi connectivity index (χ4v) is 3.39. The molecule has 3 heterocycles. The minimum absolute atomic E-state index is 0.286. The normalized spacial score (nSPS) is 16.5. The summed E-state index contributed by atoms with van der Waals surface area (Å²) < 4.78 is 7.37. The van der Waals surface area contributed by atoms with Gasteiger partial charge in [-0.3, -0.25) is 9.88 Å². The first-order chi connectivity index (χ1) is 12.2. The lowest BCUT2D eigenvalue weighted by atomic mass is 10.1. The van der Waals surface area contributed by atoms with E-state index in [0.717, 1.165) is 33.2 Å². The Hall–Kier alpha value is -3.48.